The van der Waals surface area contributed by atoms with Crippen molar-refractivity contribution in [2.75, 3.05) is 17.2 Å². The van der Waals surface area contributed by atoms with E-state index >= 15 is 0 Å². The molecule has 4 nitrogen and oxygen atoms in total. The highest BCUT2D eigenvalue weighted by atomic mass is 16.5. The summed E-state index contributed by atoms with van der Waals surface area (Å²) >= 11 is 0. The van der Waals surface area contributed by atoms with Crippen molar-refractivity contribution in [2.45, 2.75) is 20.5 Å². The van der Waals surface area contributed by atoms with Crippen molar-refractivity contribution in [3.8, 4) is 5.75 Å². The maximum atomic E-state index is 12.2. The summed E-state index contributed by atoms with van der Waals surface area (Å²) in [6.45, 7) is 4.73. The molecule has 3 aromatic carbocycles. The second-order valence-corrected chi connectivity index (χ2v) is 6.58. The van der Waals surface area contributed by atoms with Gasteiger partial charge in [0.2, 0.25) is 5.91 Å². The van der Waals surface area contributed by atoms with Crippen LogP contribution in [0, 0.1) is 13.8 Å². The van der Waals surface area contributed by atoms with Crippen LogP contribution in [0.15, 0.2) is 72.8 Å². The van der Waals surface area contributed by atoms with Crippen molar-refractivity contribution in [2.24, 2.45) is 0 Å². The smallest absolute Gasteiger partial charge is 0.243 e. The molecule has 0 aliphatic heterocycles. The van der Waals surface area contributed by atoms with Crippen molar-refractivity contribution in [1.82, 2.24) is 0 Å². The van der Waals surface area contributed by atoms with Crippen LogP contribution in [0.4, 0.5) is 11.4 Å². The Bertz CT molecular complexity index is 887. The van der Waals surface area contributed by atoms with E-state index in [9.17, 15) is 4.79 Å². The quantitative estimate of drug-likeness (QED) is 0.628. The van der Waals surface area contributed by atoms with E-state index in [1.807, 2.05) is 80.6 Å². The molecule has 0 spiro atoms. The Balaban J connectivity index is 1.52. The molecule has 0 saturated carbocycles. The predicted octanol–water partition coefficient (Wildman–Crippen LogP) is 4.93. The van der Waals surface area contributed by atoms with Crippen LogP contribution in [-0.2, 0) is 11.4 Å². The molecular weight excluding hydrogens is 336 g/mol. The lowest BCUT2D eigenvalue weighted by Gasteiger charge is -2.11. The third kappa shape index (κ3) is 5.89. The third-order valence-electron chi connectivity index (χ3n) is 4.04. The van der Waals surface area contributed by atoms with Crippen LogP contribution in [0.2, 0.25) is 0 Å². The molecule has 0 radical (unpaired) electrons. The molecule has 27 heavy (non-hydrogen) atoms. The molecule has 0 aliphatic rings. The van der Waals surface area contributed by atoms with E-state index < -0.39 is 0 Å². The lowest BCUT2D eigenvalue weighted by Crippen LogP contribution is -2.21. The number of benzene rings is 3. The maximum Gasteiger partial charge on any atom is 0.243 e. The van der Waals surface area contributed by atoms with Crippen molar-refractivity contribution in [1.29, 1.82) is 0 Å². The largest absolute Gasteiger partial charge is 0.489 e. The van der Waals surface area contributed by atoms with Gasteiger partial charge in [0, 0.05) is 17.4 Å². The Morgan fingerprint density at radius 3 is 2.33 bits per heavy atom. The van der Waals surface area contributed by atoms with Gasteiger partial charge >= 0.3 is 0 Å². The van der Waals surface area contributed by atoms with E-state index in [4.69, 9.17) is 4.74 Å². The molecule has 1 amide bonds. The molecule has 0 aromatic heterocycles. The fourth-order valence-electron chi connectivity index (χ4n) is 2.87. The van der Waals surface area contributed by atoms with Gasteiger partial charge in [-0.15, -0.1) is 0 Å². The molecule has 3 aromatic rings. The number of amides is 1. The number of nitrogens with one attached hydrogen (secondary N) is 2. The number of hydrogen-bond donors (Lipinski definition) is 2. The Morgan fingerprint density at radius 2 is 1.59 bits per heavy atom. The van der Waals surface area contributed by atoms with Gasteiger partial charge in [-0.3, -0.25) is 4.79 Å². The van der Waals surface area contributed by atoms with Gasteiger partial charge in [0.15, 0.2) is 0 Å². The zero-order valence-electron chi connectivity index (χ0n) is 15.7. The van der Waals surface area contributed by atoms with Crippen molar-refractivity contribution in [3.05, 3.63) is 89.5 Å². The Labute approximate surface area is 160 Å². The van der Waals surface area contributed by atoms with Crippen LogP contribution in [-0.4, -0.2) is 12.5 Å². The second-order valence-electron chi connectivity index (χ2n) is 6.58. The van der Waals surface area contributed by atoms with Crippen LogP contribution in [0.25, 0.3) is 0 Å². The Kier molecular flexibility index (Phi) is 6.10. The molecule has 0 heterocycles. The van der Waals surface area contributed by atoms with E-state index in [1.54, 1.807) is 0 Å². The van der Waals surface area contributed by atoms with Gasteiger partial charge in [-0.05, 0) is 54.8 Å². The summed E-state index contributed by atoms with van der Waals surface area (Å²) in [5.41, 5.74) is 5.03. The summed E-state index contributed by atoms with van der Waals surface area (Å²) in [6, 6.07) is 23.6. The zero-order valence-corrected chi connectivity index (χ0v) is 15.7. The number of hydrogen-bond acceptors (Lipinski definition) is 3. The normalized spacial score (nSPS) is 10.3. The lowest BCUT2D eigenvalue weighted by atomic mass is 10.1. The first kappa shape index (κ1) is 18.5. The predicted molar refractivity (Wildman–Crippen MR) is 110 cm³/mol. The Morgan fingerprint density at radius 1 is 0.852 bits per heavy atom. The third-order valence-corrected chi connectivity index (χ3v) is 4.04. The van der Waals surface area contributed by atoms with Crippen LogP contribution < -0.4 is 15.4 Å². The first-order valence-corrected chi connectivity index (χ1v) is 8.97. The minimum absolute atomic E-state index is 0.0874. The fourth-order valence-corrected chi connectivity index (χ4v) is 2.87. The van der Waals surface area contributed by atoms with Crippen LogP contribution in [0.3, 0.4) is 0 Å². The molecule has 4 heteroatoms. The standard InChI is InChI=1S/C23H24N2O2/c1-17-11-18(2)13-21(12-17)25-23(26)15-24-20-9-6-10-22(14-20)27-16-19-7-4-3-5-8-19/h3-14,24H,15-16H2,1-2H3,(H,25,26). The molecule has 0 saturated heterocycles. The minimum Gasteiger partial charge on any atom is -0.489 e. The van der Waals surface area contributed by atoms with Crippen molar-refractivity contribution < 1.29 is 9.53 Å². The summed E-state index contributed by atoms with van der Waals surface area (Å²) in [7, 11) is 0. The summed E-state index contributed by atoms with van der Waals surface area (Å²) in [4.78, 5) is 12.2. The number of carbonyl (C=O) groups excluding carboxylic acids is 1. The molecule has 2 N–H and O–H groups in total. The number of rotatable bonds is 7. The summed E-state index contributed by atoms with van der Waals surface area (Å²) in [5.74, 6) is 0.675. The highest BCUT2D eigenvalue weighted by Crippen LogP contribution is 2.19. The minimum atomic E-state index is -0.0874. The molecule has 3 rings (SSSR count). The highest BCUT2D eigenvalue weighted by Gasteiger charge is 2.04. The average Bonchev–Trinajstić information content (AvgIpc) is 2.65. The second kappa shape index (κ2) is 8.90. The molecule has 0 fully saturated rings. The van der Waals surface area contributed by atoms with E-state index in [2.05, 4.69) is 16.7 Å². The van der Waals surface area contributed by atoms with E-state index in [0.717, 1.165) is 33.8 Å². The number of anilines is 2. The molecule has 0 aliphatic carbocycles. The van der Waals surface area contributed by atoms with Gasteiger partial charge in [0.05, 0.1) is 6.54 Å². The van der Waals surface area contributed by atoms with Gasteiger partial charge in [0.25, 0.3) is 0 Å². The van der Waals surface area contributed by atoms with E-state index in [0.29, 0.717) is 6.61 Å². The highest BCUT2D eigenvalue weighted by molar-refractivity contribution is 5.93. The number of ether oxygens (including phenoxy) is 1. The van der Waals surface area contributed by atoms with Crippen LogP contribution in [0.1, 0.15) is 16.7 Å². The molecular formula is C23H24N2O2. The lowest BCUT2D eigenvalue weighted by molar-refractivity contribution is -0.114. The average molecular weight is 360 g/mol. The van der Waals surface area contributed by atoms with Crippen LogP contribution >= 0.6 is 0 Å². The van der Waals surface area contributed by atoms with Gasteiger partial charge in [-0.25, -0.2) is 0 Å². The number of carbonyl (C=O) groups is 1. The maximum absolute atomic E-state index is 12.2. The SMILES string of the molecule is Cc1cc(C)cc(NC(=O)CNc2cccc(OCc3ccccc3)c2)c1. The summed E-state index contributed by atoms with van der Waals surface area (Å²) in [6.07, 6.45) is 0. The fraction of sp³-hybridized carbons (Fsp3) is 0.174. The van der Waals surface area contributed by atoms with Gasteiger partial charge in [-0.1, -0.05) is 42.5 Å². The monoisotopic (exact) mass is 360 g/mol. The van der Waals surface area contributed by atoms with Crippen molar-refractivity contribution >= 4 is 17.3 Å². The molecule has 0 unspecified atom stereocenters. The van der Waals surface area contributed by atoms with Gasteiger partial charge in [-0.2, -0.15) is 0 Å². The van der Waals surface area contributed by atoms with Crippen molar-refractivity contribution in [3.63, 3.8) is 0 Å². The zero-order chi connectivity index (χ0) is 19.1. The van der Waals surface area contributed by atoms with Crippen LogP contribution in [0.5, 0.6) is 5.75 Å². The van der Waals surface area contributed by atoms with Gasteiger partial charge < -0.3 is 15.4 Å². The molecule has 0 bridgehead atoms. The first-order chi connectivity index (χ1) is 13.1. The van der Waals surface area contributed by atoms with E-state index in [-0.39, 0.29) is 12.5 Å². The summed E-state index contributed by atoms with van der Waals surface area (Å²) < 4.78 is 5.82. The first-order valence-electron chi connectivity index (χ1n) is 8.97. The van der Waals surface area contributed by atoms with E-state index in [1.165, 1.54) is 0 Å². The van der Waals surface area contributed by atoms with Gasteiger partial charge in [0.1, 0.15) is 12.4 Å². The Hall–Kier alpha value is -3.27. The summed E-state index contributed by atoms with van der Waals surface area (Å²) in [5, 5.41) is 6.06. The molecule has 138 valence electrons. The number of aryl methyl sites for hydroxylation is 2. The molecule has 0 atom stereocenters. The topological polar surface area (TPSA) is 50.4 Å².